The fraction of sp³-hybridized carbons (Fsp3) is 0.167. The van der Waals surface area contributed by atoms with Crippen LogP contribution < -0.4 is 5.32 Å². The minimum absolute atomic E-state index is 0.186. The van der Waals surface area contributed by atoms with Crippen LogP contribution in [0, 0.1) is 0 Å². The molecule has 0 aliphatic rings. The number of benzene rings is 2. The topological polar surface area (TPSA) is 24.9 Å². The number of fused-ring (bicyclic) bond motifs is 1. The van der Waals surface area contributed by atoms with Gasteiger partial charge in [-0.1, -0.05) is 48.5 Å². The number of rotatable bonds is 4. The summed E-state index contributed by atoms with van der Waals surface area (Å²) in [6.07, 6.45) is 0.918. The molecule has 1 N–H and O–H groups in total. The van der Waals surface area contributed by atoms with Gasteiger partial charge < -0.3 is 5.32 Å². The maximum atomic E-state index is 4.83. The molecule has 1 heterocycles. The van der Waals surface area contributed by atoms with Gasteiger partial charge in [0, 0.05) is 9.86 Å². The Balaban J connectivity index is 1.98. The number of hydrogen-bond donors (Lipinski definition) is 1. The van der Waals surface area contributed by atoms with Crippen LogP contribution in [0.15, 0.2) is 65.1 Å². The van der Waals surface area contributed by atoms with Gasteiger partial charge in [0.15, 0.2) is 0 Å². The van der Waals surface area contributed by atoms with Crippen molar-refractivity contribution in [2.75, 3.05) is 7.05 Å². The molecule has 1 aromatic heterocycles. The third-order valence-electron chi connectivity index (χ3n) is 3.67. The van der Waals surface area contributed by atoms with Gasteiger partial charge in [0.2, 0.25) is 0 Å². The zero-order valence-corrected chi connectivity index (χ0v) is 13.5. The minimum atomic E-state index is 0.186. The van der Waals surface area contributed by atoms with Crippen molar-refractivity contribution in [3.8, 4) is 0 Å². The summed E-state index contributed by atoms with van der Waals surface area (Å²) in [4.78, 5) is 4.83. The SMILES string of the molecule is CNC(Cc1ccccc1)c1nc2ccccc2cc1Br. The van der Waals surface area contributed by atoms with Gasteiger partial charge >= 0.3 is 0 Å². The zero-order valence-electron chi connectivity index (χ0n) is 11.9. The molecule has 0 saturated heterocycles. The van der Waals surface area contributed by atoms with Crippen molar-refractivity contribution in [2.24, 2.45) is 0 Å². The van der Waals surface area contributed by atoms with Crippen molar-refractivity contribution in [3.05, 3.63) is 76.4 Å². The second-order valence-corrected chi connectivity index (χ2v) is 5.93. The van der Waals surface area contributed by atoms with Crippen molar-refractivity contribution in [1.29, 1.82) is 0 Å². The molecule has 0 bridgehead atoms. The highest BCUT2D eigenvalue weighted by Gasteiger charge is 2.16. The molecule has 0 radical (unpaired) electrons. The molecule has 3 aromatic rings. The summed E-state index contributed by atoms with van der Waals surface area (Å²) in [6, 6.07) is 21.0. The van der Waals surface area contributed by atoms with Crippen LogP contribution in [0.2, 0.25) is 0 Å². The standard InChI is InChI=1S/C18H17BrN2/c1-20-17(11-13-7-3-2-4-8-13)18-15(19)12-14-9-5-6-10-16(14)21-18/h2-10,12,17,20H,11H2,1H3. The number of aromatic nitrogens is 1. The first-order valence-corrected chi connectivity index (χ1v) is 7.83. The molecule has 2 aromatic carbocycles. The number of hydrogen-bond acceptors (Lipinski definition) is 2. The fourth-order valence-corrected chi connectivity index (χ4v) is 3.15. The van der Waals surface area contributed by atoms with Crippen molar-refractivity contribution >= 4 is 26.8 Å². The highest BCUT2D eigenvalue weighted by atomic mass is 79.9. The lowest BCUT2D eigenvalue weighted by Gasteiger charge is -2.18. The maximum Gasteiger partial charge on any atom is 0.0725 e. The molecule has 3 heteroatoms. The van der Waals surface area contributed by atoms with Crippen LogP contribution in [-0.4, -0.2) is 12.0 Å². The van der Waals surface area contributed by atoms with Gasteiger partial charge in [-0.3, -0.25) is 0 Å². The van der Waals surface area contributed by atoms with Crippen molar-refractivity contribution in [1.82, 2.24) is 10.3 Å². The Morgan fingerprint density at radius 1 is 1.05 bits per heavy atom. The predicted molar refractivity (Wildman–Crippen MR) is 91.4 cm³/mol. The summed E-state index contributed by atoms with van der Waals surface area (Å²) in [7, 11) is 1.98. The smallest absolute Gasteiger partial charge is 0.0725 e. The molecule has 1 atom stereocenters. The third kappa shape index (κ3) is 3.14. The van der Waals surface area contributed by atoms with Crippen molar-refractivity contribution in [3.63, 3.8) is 0 Å². The Hall–Kier alpha value is -1.71. The first kappa shape index (κ1) is 14.2. The zero-order chi connectivity index (χ0) is 14.7. The summed E-state index contributed by atoms with van der Waals surface area (Å²) in [6.45, 7) is 0. The van der Waals surface area contributed by atoms with Gasteiger partial charge in [-0.15, -0.1) is 0 Å². The van der Waals surface area contributed by atoms with Crippen LogP contribution in [-0.2, 0) is 6.42 Å². The number of nitrogens with zero attached hydrogens (tertiary/aromatic N) is 1. The van der Waals surface area contributed by atoms with Gasteiger partial charge in [0.1, 0.15) is 0 Å². The Morgan fingerprint density at radius 3 is 2.52 bits per heavy atom. The molecule has 21 heavy (non-hydrogen) atoms. The lowest BCUT2D eigenvalue weighted by atomic mass is 10.0. The van der Waals surface area contributed by atoms with E-state index in [2.05, 4.69) is 63.7 Å². The van der Waals surface area contributed by atoms with E-state index in [-0.39, 0.29) is 6.04 Å². The average Bonchev–Trinajstić information content (AvgIpc) is 2.53. The van der Waals surface area contributed by atoms with Crippen LogP contribution >= 0.6 is 15.9 Å². The first-order chi connectivity index (χ1) is 10.3. The number of pyridine rings is 1. The second kappa shape index (κ2) is 6.37. The second-order valence-electron chi connectivity index (χ2n) is 5.08. The summed E-state index contributed by atoms with van der Waals surface area (Å²) in [5.74, 6) is 0. The van der Waals surface area contributed by atoms with Crippen molar-refractivity contribution < 1.29 is 0 Å². The number of para-hydroxylation sites is 1. The molecule has 0 fully saturated rings. The summed E-state index contributed by atoms with van der Waals surface area (Å²) < 4.78 is 1.05. The predicted octanol–water partition coefficient (Wildman–Crippen LogP) is 4.50. The third-order valence-corrected chi connectivity index (χ3v) is 4.30. The van der Waals surface area contributed by atoms with Gasteiger partial charge in [-0.2, -0.15) is 0 Å². The van der Waals surface area contributed by atoms with Crippen molar-refractivity contribution in [2.45, 2.75) is 12.5 Å². The molecule has 0 aliphatic carbocycles. The van der Waals surface area contributed by atoms with E-state index in [0.29, 0.717) is 0 Å². The van der Waals surface area contributed by atoms with Gasteiger partial charge in [0.25, 0.3) is 0 Å². The molecule has 2 nitrogen and oxygen atoms in total. The van der Waals surface area contributed by atoms with Crippen LogP contribution in [0.25, 0.3) is 10.9 Å². The molecule has 106 valence electrons. The molecule has 0 aliphatic heterocycles. The van der Waals surface area contributed by atoms with E-state index < -0.39 is 0 Å². The van der Waals surface area contributed by atoms with E-state index in [4.69, 9.17) is 4.98 Å². The summed E-state index contributed by atoms with van der Waals surface area (Å²) >= 11 is 3.67. The molecular formula is C18H17BrN2. The van der Waals surface area contributed by atoms with E-state index in [1.165, 1.54) is 5.56 Å². The first-order valence-electron chi connectivity index (χ1n) is 7.04. The Morgan fingerprint density at radius 2 is 1.76 bits per heavy atom. The lowest BCUT2D eigenvalue weighted by Crippen LogP contribution is -2.20. The fourth-order valence-electron chi connectivity index (χ4n) is 2.53. The summed E-state index contributed by atoms with van der Waals surface area (Å²) in [5, 5.41) is 4.54. The number of halogens is 1. The molecule has 0 saturated carbocycles. The van der Waals surface area contributed by atoms with E-state index in [1.54, 1.807) is 0 Å². The van der Waals surface area contributed by atoms with E-state index >= 15 is 0 Å². The van der Waals surface area contributed by atoms with Crippen LogP contribution in [0.1, 0.15) is 17.3 Å². The number of likely N-dealkylation sites (N-methyl/N-ethyl adjacent to an activating group) is 1. The normalized spacial score (nSPS) is 12.5. The Labute approximate surface area is 133 Å². The monoisotopic (exact) mass is 340 g/mol. The van der Waals surface area contributed by atoms with E-state index in [0.717, 1.165) is 27.5 Å². The van der Waals surface area contributed by atoms with Gasteiger partial charge in [0.05, 0.1) is 17.3 Å². The highest BCUT2D eigenvalue weighted by molar-refractivity contribution is 9.10. The van der Waals surface area contributed by atoms with Crippen LogP contribution in [0.5, 0.6) is 0 Å². The van der Waals surface area contributed by atoms with Crippen LogP contribution in [0.4, 0.5) is 0 Å². The molecule has 0 spiro atoms. The number of nitrogens with one attached hydrogen (secondary N) is 1. The largest absolute Gasteiger partial charge is 0.311 e. The molecule has 3 rings (SSSR count). The molecule has 0 amide bonds. The highest BCUT2D eigenvalue weighted by Crippen LogP contribution is 2.27. The van der Waals surface area contributed by atoms with E-state index in [9.17, 15) is 0 Å². The molecule has 1 unspecified atom stereocenters. The van der Waals surface area contributed by atoms with E-state index in [1.807, 2.05) is 25.2 Å². The summed E-state index contributed by atoms with van der Waals surface area (Å²) in [5.41, 5.74) is 3.39. The molecular weight excluding hydrogens is 324 g/mol. The average molecular weight is 341 g/mol. The quantitative estimate of drug-likeness (QED) is 0.756. The van der Waals surface area contributed by atoms with Crippen LogP contribution in [0.3, 0.4) is 0 Å². The Kier molecular flexibility index (Phi) is 4.32. The minimum Gasteiger partial charge on any atom is -0.311 e. The Bertz CT molecular complexity index is 741. The maximum absolute atomic E-state index is 4.83. The van der Waals surface area contributed by atoms with Gasteiger partial charge in [-0.25, -0.2) is 4.98 Å². The lowest BCUT2D eigenvalue weighted by molar-refractivity contribution is 0.575. The van der Waals surface area contributed by atoms with Gasteiger partial charge in [-0.05, 0) is 47.1 Å².